The van der Waals surface area contributed by atoms with Crippen LogP contribution in [0.25, 0.3) is 11.1 Å². The summed E-state index contributed by atoms with van der Waals surface area (Å²) in [5, 5.41) is 19.0. The van der Waals surface area contributed by atoms with Crippen LogP contribution >= 0.6 is 23.2 Å². The van der Waals surface area contributed by atoms with E-state index >= 15 is 4.79 Å². The van der Waals surface area contributed by atoms with Gasteiger partial charge in [-0.3, -0.25) is 29.0 Å². The van der Waals surface area contributed by atoms with Crippen LogP contribution < -0.4 is 25.4 Å². The van der Waals surface area contributed by atoms with Gasteiger partial charge < -0.3 is 59.1 Å². The van der Waals surface area contributed by atoms with Crippen molar-refractivity contribution in [1.29, 1.82) is 5.26 Å². The number of carbonyl (C=O) groups excluding carboxylic acids is 4. The highest BCUT2D eigenvalue weighted by Gasteiger charge is 2.45. The van der Waals surface area contributed by atoms with Gasteiger partial charge in [0.05, 0.1) is 114 Å². The maximum absolute atomic E-state index is 15.1. The summed E-state index contributed by atoms with van der Waals surface area (Å²) >= 11 is 12.7. The summed E-state index contributed by atoms with van der Waals surface area (Å²) in [5.41, 5.74) is 12.2. The van der Waals surface area contributed by atoms with Gasteiger partial charge in [0, 0.05) is 85.2 Å². The maximum Gasteiger partial charge on any atom is 0.326 e. The summed E-state index contributed by atoms with van der Waals surface area (Å²) in [6.45, 7) is 7.94. The van der Waals surface area contributed by atoms with Crippen LogP contribution in [-0.2, 0) is 48.0 Å². The summed E-state index contributed by atoms with van der Waals surface area (Å²) in [7, 11) is 3.24. The van der Waals surface area contributed by atoms with Gasteiger partial charge in [0.25, 0.3) is 5.91 Å². The third-order valence-electron chi connectivity index (χ3n) is 16.3. The average molecular weight is 1290 g/mol. The van der Waals surface area contributed by atoms with Gasteiger partial charge in [-0.1, -0.05) is 47.5 Å². The Morgan fingerprint density at radius 3 is 2.22 bits per heavy atom. The van der Waals surface area contributed by atoms with Crippen molar-refractivity contribution in [2.45, 2.75) is 76.8 Å². The van der Waals surface area contributed by atoms with Gasteiger partial charge in [-0.2, -0.15) is 10.4 Å². The number of urea groups is 1. The van der Waals surface area contributed by atoms with Gasteiger partial charge in [0.1, 0.15) is 41.6 Å². The molecule has 0 aliphatic carbocycles. The first-order valence-electron chi connectivity index (χ1n) is 30.5. The molecule has 2 fully saturated rings. The maximum atomic E-state index is 15.1. The molecule has 3 N–H and O–H groups in total. The Labute approximate surface area is 538 Å². The highest BCUT2D eigenvalue weighted by molar-refractivity contribution is 6.30. The number of nitrogens with two attached hydrogens (primary N) is 1. The number of carbonyl (C=O) groups is 4. The van der Waals surface area contributed by atoms with Crippen LogP contribution in [0.4, 0.5) is 20.7 Å². The number of halogens is 3. The Morgan fingerprint density at radius 2 is 1.53 bits per heavy atom. The fourth-order valence-corrected chi connectivity index (χ4v) is 12.2. The number of aliphatic imine (C=N–C) groups is 1. The molecule has 4 aliphatic rings. The number of benzene rings is 4. The first-order valence-corrected chi connectivity index (χ1v) is 31.3. The van der Waals surface area contributed by atoms with Crippen molar-refractivity contribution < 1.29 is 52.0 Å². The second-order valence-corrected chi connectivity index (χ2v) is 23.6. The van der Waals surface area contributed by atoms with Crippen molar-refractivity contribution in [1.82, 2.24) is 39.7 Å². The van der Waals surface area contributed by atoms with E-state index in [2.05, 4.69) is 21.5 Å². The minimum atomic E-state index is -0.567. The van der Waals surface area contributed by atoms with Gasteiger partial charge in [-0.05, 0) is 110 Å². The minimum absolute atomic E-state index is 0.0571. The number of ether oxygens (including phenoxy) is 6. The normalized spacial score (nSPS) is 17.3. The summed E-state index contributed by atoms with van der Waals surface area (Å²) < 4.78 is 51.1. The van der Waals surface area contributed by atoms with E-state index in [1.54, 1.807) is 57.9 Å². The number of fused-ring (bicyclic) bond motifs is 8. The van der Waals surface area contributed by atoms with Gasteiger partial charge in [-0.15, -0.1) is 0 Å². The number of nitrogens with one attached hydrogen (secondary N) is 1. The molecule has 2 aromatic heterocycles. The van der Waals surface area contributed by atoms with E-state index in [0.29, 0.717) is 132 Å². The Morgan fingerprint density at radius 1 is 0.835 bits per heavy atom. The van der Waals surface area contributed by atoms with Gasteiger partial charge in [-0.25, -0.2) is 14.2 Å². The number of hydrogen-bond donors (Lipinski definition) is 2. The Balaban J connectivity index is 0.633. The van der Waals surface area contributed by atoms with E-state index in [9.17, 15) is 24.0 Å². The molecule has 6 heterocycles. The second kappa shape index (κ2) is 30.6. The lowest BCUT2D eigenvalue weighted by molar-refractivity contribution is -0.135. The fraction of sp³-hybridized carbons (Fsp3) is 0.424. The van der Waals surface area contributed by atoms with Crippen LogP contribution in [0.5, 0.6) is 11.5 Å². The molecule has 480 valence electrons. The lowest BCUT2D eigenvalue weighted by Gasteiger charge is -2.38. The number of amidine groups is 1. The molecule has 6 aromatic rings. The quantitative estimate of drug-likeness (QED) is 0.0510. The highest BCUT2D eigenvalue weighted by atomic mass is 35.5. The lowest BCUT2D eigenvalue weighted by Crippen LogP contribution is -2.57. The molecule has 25 heteroatoms. The molecular formula is C66H75Cl2FN12O10. The topological polar surface area (TPSA) is 245 Å². The van der Waals surface area contributed by atoms with Crippen LogP contribution in [-0.4, -0.2) is 182 Å². The smallest absolute Gasteiger partial charge is 0.326 e. The third kappa shape index (κ3) is 15.9. The van der Waals surface area contributed by atoms with Crippen molar-refractivity contribution in [3.8, 4) is 28.7 Å². The predicted octanol–water partition coefficient (Wildman–Crippen LogP) is 8.52. The zero-order chi connectivity index (χ0) is 64.1. The van der Waals surface area contributed by atoms with Gasteiger partial charge in [0.2, 0.25) is 11.8 Å². The predicted molar refractivity (Wildman–Crippen MR) is 341 cm³/mol. The number of hydrogen-bond acceptors (Lipinski definition) is 16. The first kappa shape index (κ1) is 65.6. The first-order chi connectivity index (χ1) is 44.1. The summed E-state index contributed by atoms with van der Waals surface area (Å²) in [5.74, 6) is 0.562. The average Bonchev–Trinajstić information content (AvgIpc) is 1.72. The number of piperazine rings is 1. The summed E-state index contributed by atoms with van der Waals surface area (Å²) in [6.07, 6.45) is 3.45. The van der Waals surface area contributed by atoms with E-state index in [0.717, 1.165) is 17.5 Å². The van der Waals surface area contributed by atoms with E-state index in [1.807, 2.05) is 73.3 Å². The largest absolute Gasteiger partial charge is 0.497 e. The molecule has 0 radical (unpaired) electrons. The van der Waals surface area contributed by atoms with Crippen molar-refractivity contribution in [2.75, 3.05) is 117 Å². The van der Waals surface area contributed by atoms with Crippen LogP contribution in [0.1, 0.15) is 89.2 Å². The number of nitrogen functional groups attached to an aromatic ring is 1. The molecule has 2 bridgehead atoms. The molecule has 2 saturated heterocycles. The number of pyridine rings is 1. The fourth-order valence-electron chi connectivity index (χ4n) is 11.9. The molecule has 0 saturated carbocycles. The third-order valence-corrected chi connectivity index (χ3v) is 16.8. The molecule has 5 amide bonds. The highest BCUT2D eigenvalue weighted by Crippen LogP contribution is 2.44. The Hall–Kier alpha value is -8.37. The zero-order valence-electron chi connectivity index (χ0n) is 51.5. The molecule has 1 unspecified atom stereocenters. The molecule has 91 heavy (non-hydrogen) atoms. The molecule has 4 aromatic carbocycles. The standard InChI is InChI=1S/C66H75Cl2FN12O10/c1-42(2)91-58-37-49(86-4)16-18-51(58)64-74-53(34-43-7-11-46(67)12-8-43)62(44-9-13-47(68)14-10-44)81(64)66(85)78-24-23-77(60(83)41-78)25-27-88-29-31-90-33-32-89-30-28-87-26-19-59(82)72-20-22-80-57-40-76(3)65(84)50-17-15-48(69)36-52(50)55-6-5-21-79(55)56-35-45(39-73-63(56)71)61(57)54(38-70)75-80/h7-18,35-37,39,42,53,55,62H,5-6,19-34,40-41H2,1-4H3,(H2,71,73)(H,72,82)/t53?,55-,62-/m1/s1. The number of aromatic nitrogens is 3. The molecule has 22 nitrogen and oxygen atoms in total. The summed E-state index contributed by atoms with van der Waals surface area (Å²) in [6, 6.07) is 27.1. The van der Waals surface area contributed by atoms with Crippen LogP contribution in [0.15, 0.2) is 102 Å². The monoisotopic (exact) mass is 1280 g/mol. The minimum Gasteiger partial charge on any atom is -0.497 e. The number of nitriles is 1. The molecular weight excluding hydrogens is 1210 g/mol. The number of anilines is 2. The van der Waals surface area contributed by atoms with E-state index in [-0.39, 0.29) is 106 Å². The second-order valence-electron chi connectivity index (χ2n) is 22.8. The lowest BCUT2D eigenvalue weighted by atomic mass is 9.94. The SMILES string of the molecule is COc1ccc(C2=NC(Cc3ccc(Cl)cc3)[C@@H](c3ccc(Cl)cc3)N2C(=O)N2CCN(CCOCCOCCOCCOCCC(=O)NCCn3nc(C#N)c4c3CN(C)C(=O)c3ccc(F)cc3[C@H]3CCCN3c3cc-4cnc3N)C(=O)C2)c(OC(C)C)c1. The van der Waals surface area contributed by atoms with Crippen molar-refractivity contribution >= 4 is 64.3 Å². The van der Waals surface area contributed by atoms with Crippen molar-refractivity contribution in [3.05, 3.63) is 152 Å². The summed E-state index contributed by atoms with van der Waals surface area (Å²) in [4.78, 5) is 74.3. The number of nitrogens with zero attached hydrogens (tertiary/aromatic N) is 10. The molecule has 3 atom stereocenters. The van der Waals surface area contributed by atoms with E-state index in [1.165, 1.54) is 23.1 Å². The number of amides is 5. The molecule has 10 rings (SSSR count). The van der Waals surface area contributed by atoms with Gasteiger partial charge in [0.15, 0.2) is 5.69 Å². The number of methoxy groups -OCH3 is 1. The number of rotatable bonds is 25. The van der Waals surface area contributed by atoms with Crippen LogP contribution in [0.3, 0.4) is 0 Å². The van der Waals surface area contributed by atoms with Gasteiger partial charge >= 0.3 is 6.03 Å². The van der Waals surface area contributed by atoms with E-state index < -0.39 is 17.9 Å². The van der Waals surface area contributed by atoms with E-state index in [4.69, 9.17) is 62.3 Å². The molecule has 4 aliphatic heterocycles. The Bertz CT molecular complexity index is 3640. The van der Waals surface area contributed by atoms with Crippen molar-refractivity contribution in [2.24, 2.45) is 4.99 Å². The van der Waals surface area contributed by atoms with Crippen LogP contribution in [0.2, 0.25) is 10.0 Å². The molecule has 0 spiro atoms. The zero-order valence-corrected chi connectivity index (χ0v) is 53.0. The van der Waals surface area contributed by atoms with Crippen molar-refractivity contribution in [3.63, 3.8) is 0 Å². The van der Waals surface area contributed by atoms with Crippen LogP contribution in [0, 0.1) is 17.1 Å². The Kier molecular flexibility index (Phi) is 22.1.